The highest BCUT2D eigenvalue weighted by molar-refractivity contribution is 5.75. The fraction of sp³-hybridized carbons (Fsp3) is 0.933. The first-order chi connectivity index (χ1) is 8.57. The summed E-state index contributed by atoms with van der Waals surface area (Å²) < 4.78 is 5.17. The Balaban J connectivity index is 3.35. The predicted molar refractivity (Wildman–Crippen MR) is 76.4 cm³/mol. The Morgan fingerprint density at radius 3 is 2.17 bits per heavy atom. The van der Waals surface area contributed by atoms with Crippen molar-refractivity contribution >= 4 is 5.97 Å². The third-order valence-electron chi connectivity index (χ3n) is 3.02. The summed E-state index contributed by atoms with van der Waals surface area (Å²) in [6.07, 6.45) is 9.31. The van der Waals surface area contributed by atoms with Crippen molar-refractivity contribution < 1.29 is 9.53 Å². The molecular formula is C15H31NO2. The van der Waals surface area contributed by atoms with Gasteiger partial charge in [-0.3, -0.25) is 4.79 Å². The molecule has 0 aliphatic rings. The van der Waals surface area contributed by atoms with E-state index in [2.05, 4.69) is 20.8 Å². The molecule has 0 aromatic heterocycles. The van der Waals surface area contributed by atoms with Crippen molar-refractivity contribution in [3.63, 3.8) is 0 Å². The first kappa shape index (κ1) is 17.4. The summed E-state index contributed by atoms with van der Waals surface area (Å²) in [6.45, 7) is 6.87. The Bertz CT molecular complexity index is 205. The number of rotatable bonds is 11. The van der Waals surface area contributed by atoms with Crippen LogP contribution in [-0.2, 0) is 9.53 Å². The second kappa shape index (κ2) is 11.5. The Labute approximate surface area is 112 Å². The van der Waals surface area contributed by atoms with Crippen molar-refractivity contribution in [2.45, 2.75) is 78.2 Å². The van der Waals surface area contributed by atoms with Gasteiger partial charge in [0.2, 0.25) is 0 Å². The molecule has 18 heavy (non-hydrogen) atoms. The van der Waals surface area contributed by atoms with Crippen molar-refractivity contribution in [1.82, 2.24) is 0 Å². The van der Waals surface area contributed by atoms with Gasteiger partial charge >= 0.3 is 5.97 Å². The molecule has 3 heteroatoms. The van der Waals surface area contributed by atoms with Crippen LogP contribution in [0.3, 0.4) is 0 Å². The van der Waals surface area contributed by atoms with Crippen molar-refractivity contribution in [1.29, 1.82) is 0 Å². The Hall–Kier alpha value is -0.570. The molecule has 0 aliphatic carbocycles. The summed E-state index contributed by atoms with van der Waals surface area (Å²) in [7, 11) is 0. The highest BCUT2D eigenvalue weighted by Gasteiger charge is 2.15. The van der Waals surface area contributed by atoms with Gasteiger partial charge in [0.15, 0.2) is 0 Å². The van der Waals surface area contributed by atoms with Crippen LogP contribution in [0, 0.1) is 5.92 Å². The van der Waals surface area contributed by atoms with E-state index in [1.54, 1.807) is 0 Å². The number of esters is 1. The number of carbonyl (C=O) groups excluding carboxylic acids is 1. The van der Waals surface area contributed by atoms with E-state index in [-0.39, 0.29) is 5.97 Å². The molecule has 0 radical (unpaired) electrons. The van der Waals surface area contributed by atoms with E-state index in [0.717, 1.165) is 12.8 Å². The van der Waals surface area contributed by atoms with Crippen molar-refractivity contribution in [2.75, 3.05) is 6.61 Å². The molecule has 0 aromatic carbocycles. The molecule has 0 heterocycles. The van der Waals surface area contributed by atoms with Crippen molar-refractivity contribution in [3.05, 3.63) is 0 Å². The largest absolute Gasteiger partial charge is 0.465 e. The maximum atomic E-state index is 11.5. The van der Waals surface area contributed by atoms with Crippen LogP contribution in [0.5, 0.6) is 0 Å². The summed E-state index contributed by atoms with van der Waals surface area (Å²) in [5.74, 6) is 0.195. The van der Waals surface area contributed by atoms with Gasteiger partial charge in [-0.25, -0.2) is 0 Å². The summed E-state index contributed by atoms with van der Waals surface area (Å²) in [5, 5.41) is 0. The molecule has 0 bridgehead atoms. The summed E-state index contributed by atoms with van der Waals surface area (Å²) >= 11 is 0. The lowest BCUT2D eigenvalue weighted by molar-refractivity contribution is -0.145. The zero-order valence-electron chi connectivity index (χ0n) is 12.4. The van der Waals surface area contributed by atoms with Crippen LogP contribution in [0.25, 0.3) is 0 Å². The van der Waals surface area contributed by atoms with E-state index < -0.39 is 6.04 Å². The fourth-order valence-corrected chi connectivity index (χ4v) is 1.94. The molecule has 1 atom stereocenters. The SMILES string of the molecule is CCCCCCCCCOC(=O)C(N)CC(C)C. The van der Waals surface area contributed by atoms with Gasteiger partial charge in [0.1, 0.15) is 6.04 Å². The number of carbonyl (C=O) groups is 1. The van der Waals surface area contributed by atoms with Crippen LogP contribution in [0.15, 0.2) is 0 Å². The van der Waals surface area contributed by atoms with E-state index in [0.29, 0.717) is 18.9 Å². The van der Waals surface area contributed by atoms with Gasteiger partial charge in [-0.05, 0) is 18.8 Å². The lowest BCUT2D eigenvalue weighted by Gasteiger charge is -2.13. The molecule has 3 nitrogen and oxygen atoms in total. The van der Waals surface area contributed by atoms with Crippen LogP contribution in [0.2, 0.25) is 0 Å². The van der Waals surface area contributed by atoms with Gasteiger partial charge in [-0.15, -0.1) is 0 Å². The van der Waals surface area contributed by atoms with Crippen LogP contribution in [0.4, 0.5) is 0 Å². The molecule has 0 spiro atoms. The highest BCUT2D eigenvalue weighted by atomic mass is 16.5. The highest BCUT2D eigenvalue weighted by Crippen LogP contribution is 2.08. The normalized spacial score (nSPS) is 12.7. The first-order valence-electron chi connectivity index (χ1n) is 7.50. The van der Waals surface area contributed by atoms with Gasteiger partial charge < -0.3 is 10.5 Å². The minimum Gasteiger partial charge on any atom is -0.465 e. The maximum absolute atomic E-state index is 11.5. The Morgan fingerprint density at radius 2 is 1.61 bits per heavy atom. The number of ether oxygens (including phenoxy) is 1. The van der Waals surface area contributed by atoms with Crippen LogP contribution >= 0.6 is 0 Å². The molecular weight excluding hydrogens is 226 g/mol. The molecule has 0 aliphatic heterocycles. The molecule has 0 saturated heterocycles. The number of nitrogens with two attached hydrogens (primary N) is 1. The zero-order chi connectivity index (χ0) is 13.8. The average Bonchev–Trinajstić information content (AvgIpc) is 2.31. The monoisotopic (exact) mass is 257 g/mol. The van der Waals surface area contributed by atoms with Gasteiger partial charge in [-0.2, -0.15) is 0 Å². The van der Waals surface area contributed by atoms with Gasteiger partial charge in [-0.1, -0.05) is 59.3 Å². The quantitative estimate of drug-likeness (QED) is 0.454. The first-order valence-corrected chi connectivity index (χ1v) is 7.50. The molecule has 0 saturated carbocycles. The van der Waals surface area contributed by atoms with E-state index >= 15 is 0 Å². The zero-order valence-corrected chi connectivity index (χ0v) is 12.4. The van der Waals surface area contributed by atoms with Gasteiger partial charge in [0, 0.05) is 0 Å². The minimum absolute atomic E-state index is 0.241. The molecule has 2 N–H and O–H groups in total. The van der Waals surface area contributed by atoms with E-state index in [4.69, 9.17) is 10.5 Å². The number of hydrogen-bond acceptors (Lipinski definition) is 3. The second-order valence-corrected chi connectivity index (χ2v) is 5.52. The molecule has 0 fully saturated rings. The van der Waals surface area contributed by atoms with E-state index in [1.807, 2.05) is 0 Å². The van der Waals surface area contributed by atoms with Gasteiger partial charge in [0.05, 0.1) is 6.61 Å². The predicted octanol–water partition coefficient (Wildman–Crippen LogP) is 3.65. The molecule has 108 valence electrons. The summed E-state index contributed by atoms with van der Waals surface area (Å²) in [4.78, 5) is 11.5. The summed E-state index contributed by atoms with van der Waals surface area (Å²) in [5.41, 5.74) is 5.74. The molecule has 0 rings (SSSR count). The van der Waals surface area contributed by atoms with Crippen molar-refractivity contribution in [3.8, 4) is 0 Å². The maximum Gasteiger partial charge on any atom is 0.322 e. The molecule has 0 aromatic rings. The third-order valence-corrected chi connectivity index (χ3v) is 3.02. The van der Waals surface area contributed by atoms with E-state index in [1.165, 1.54) is 32.1 Å². The lowest BCUT2D eigenvalue weighted by Crippen LogP contribution is -2.33. The number of unbranched alkanes of at least 4 members (excludes halogenated alkanes) is 6. The van der Waals surface area contributed by atoms with Crippen LogP contribution in [0.1, 0.15) is 72.1 Å². The summed E-state index contributed by atoms with van der Waals surface area (Å²) in [6, 6.07) is -0.449. The van der Waals surface area contributed by atoms with Crippen molar-refractivity contribution in [2.24, 2.45) is 11.7 Å². The average molecular weight is 257 g/mol. The standard InChI is InChI=1S/C15H31NO2/c1-4-5-6-7-8-9-10-11-18-15(17)14(16)12-13(2)3/h13-14H,4-12,16H2,1-3H3. The molecule has 1 unspecified atom stereocenters. The Kier molecular flexibility index (Phi) is 11.2. The second-order valence-electron chi connectivity index (χ2n) is 5.52. The van der Waals surface area contributed by atoms with E-state index in [9.17, 15) is 4.79 Å². The third kappa shape index (κ3) is 10.6. The van der Waals surface area contributed by atoms with Gasteiger partial charge in [0.25, 0.3) is 0 Å². The lowest BCUT2D eigenvalue weighted by atomic mass is 10.1. The van der Waals surface area contributed by atoms with Crippen LogP contribution < -0.4 is 5.73 Å². The fourth-order valence-electron chi connectivity index (χ4n) is 1.94. The number of hydrogen-bond donors (Lipinski definition) is 1. The molecule has 0 amide bonds. The smallest absolute Gasteiger partial charge is 0.322 e. The minimum atomic E-state index is -0.449. The topological polar surface area (TPSA) is 52.3 Å². The van der Waals surface area contributed by atoms with Crippen LogP contribution in [-0.4, -0.2) is 18.6 Å². The Morgan fingerprint density at radius 1 is 1.06 bits per heavy atom.